The first-order chi connectivity index (χ1) is 7.31. The van der Waals surface area contributed by atoms with Crippen molar-refractivity contribution in [3.63, 3.8) is 0 Å². The van der Waals surface area contributed by atoms with Crippen molar-refractivity contribution in [1.82, 2.24) is 0 Å². The monoisotopic (exact) mass is 284 g/mol. The van der Waals surface area contributed by atoms with Crippen LogP contribution in [0, 0.1) is 0 Å². The van der Waals surface area contributed by atoms with Gasteiger partial charge in [-0.2, -0.15) is 11.8 Å². The Morgan fingerprint density at radius 2 is 2.07 bits per heavy atom. The number of benzene rings is 1. The first-order valence-corrected chi connectivity index (χ1v) is 6.82. The molecule has 0 atom stereocenters. The van der Waals surface area contributed by atoms with Gasteiger partial charge in [-0.15, -0.1) is 0 Å². The molecule has 0 N–H and O–H groups in total. The molecule has 80 valence electrons. The molecule has 1 aromatic carbocycles. The average molecular weight is 285 g/mol. The second kappa shape index (κ2) is 5.03. The van der Waals surface area contributed by atoms with Crippen LogP contribution >= 0.6 is 27.7 Å². The van der Waals surface area contributed by atoms with Crippen molar-refractivity contribution in [2.45, 2.75) is 0 Å². The SMILES string of the molecule is CN=C1CSCCN1c1ccc(Br)cc1. The zero-order valence-electron chi connectivity index (χ0n) is 8.61. The van der Waals surface area contributed by atoms with Crippen LogP contribution in [0.1, 0.15) is 0 Å². The van der Waals surface area contributed by atoms with Gasteiger partial charge in [0, 0.05) is 29.5 Å². The zero-order valence-corrected chi connectivity index (χ0v) is 11.0. The van der Waals surface area contributed by atoms with E-state index in [2.05, 4.69) is 50.1 Å². The number of rotatable bonds is 1. The van der Waals surface area contributed by atoms with Gasteiger partial charge in [-0.1, -0.05) is 15.9 Å². The smallest absolute Gasteiger partial charge is 0.113 e. The van der Waals surface area contributed by atoms with E-state index < -0.39 is 0 Å². The normalized spacial score (nSPS) is 19.6. The molecule has 2 rings (SSSR count). The second-order valence-electron chi connectivity index (χ2n) is 3.32. The minimum Gasteiger partial charge on any atom is -0.329 e. The highest BCUT2D eigenvalue weighted by molar-refractivity contribution is 9.10. The first-order valence-electron chi connectivity index (χ1n) is 4.88. The summed E-state index contributed by atoms with van der Waals surface area (Å²) >= 11 is 5.40. The minimum atomic E-state index is 1.02. The van der Waals surface area contributed by atoms with Gasteiger partial charge in [0.15, 0.2) is 0 Å². The lowest BCUT2D eigenvalue weighted by Crippen LogP contribution is -2.38. The van der Waals surface area contributed by atoms with E-state index in [1.54, 1.807) is 0 Å². The maximum Gasteiger partial charge on any atom is 0.113 e. The molecule has 15 heavy (non-hydrogen) atoms. The fraction of sp³-hybridized carbons (Fsp3) is 0.364. The third kappa shape index (κ3) is 2.55. The topological polar surface area (TPSA) is 15.6 Å². The van der Waals surface area contributed by atoms with E-state index in [0.717, 1.165) is 16.8 Å². The molecule has 0 aliphatic carbocycles. The highest BCUT2D eigenvalue weighted by atomic mass is 79.9. The van der Waals surface area contributed by atoms with Crippen LogP contribution in [0.5, 0.6) is 0 Å². The summed E-state index contributed by atoms with van der Waals surface area (Å²) in [5, 5.41) is 0. The minimum absolute atomic E-state index is 1.02. The Labute approximate surface area is 103 Å². The van der Waals surface area contributed by atoms with Gasteiger partial charge in [0.05, 0.1) is 5.75 Å². The maximum absolute atomic E-state index is 4.34. The van der Waals surface area contributed by atoms with E-state index in [1.165, 1.54) is 17.3 Å². The Bertz CT molecular complexity index is 361. The predicted octanol–water partition coefficient (Wildman–Crippen LogP) is 3.03. The van der Waals surface area contributed by atoms with Crippen molar-refractivity contribution in [1.29, 1.82) is 0 Å². The highest BCUT2D eigenvalue weighted by Gasteiger charge is 2.17. The van der Waals surface area contributed by atoms with Crippen molar-refractivity contribution in [2.24, 2.45) is 4.99 Å². The van der Waals surface area contributed by atoms with Crippen LogP contribution in [-0.4, -0.2) is 30.9 Å². The van der Waals surface area contributed by atoms with E-state index >= 15 is 0 Å². The number of anilines is 1. The third-order valence-corrected chi connectivity index (χ3v) is 3.86. The summed E-state index contributed by atoms with van der Waals surface area (Å²) in [5.41, 5.74) is 1.24. The summed E-state index contributed by atoms with van der Waals surface area (Å²) in [4.78, 5) is 6.63. The van der Waals surface area contributed by atoms with Gasteiger partial charge in [-0.25, -0.2) is 0 Å². The predicted molar refractivity (Wildman–Crippen MR) is 72.2 cm³/mol. The summed E-state index contributed by atoms with van der Waals surface area (Å²) in [6, 6.07) is 8.41. The lowest BCUT2D eigenvalue weighted by molar-refractivity contribution is 1.04. The van der Waals surface area contributed by atoms with E-state index in [-0.39, 0.29) is 0 Å². The second-order valence-corrected chi connectivity index (χ2v) is 5.34. The maximum atomic E-state index is 4.34. The van der Waals surface area contributed by atoms with Crippen LogP contribution in [0.15, 0.2) is 33.7 Å². The van der Waals surface area contributed by atoms with Crippen LogP contribution < -0.4 is 4.90 Å². The van der Waals surface area contributed by atoms with E-state index in [1.807, 2.05) is 18.8 Å². The Hall–Kier alpha value is -0.480. The molecule has 1 aromatic rings. The van der Waals surface area contributed by atoms with Crippen molar-refractivity contribution in [3.05, 3.63) is 28.7 Å². The Morgan fingerprint density at radius 1 is 1.33 bits per heavy atom. The number of hydrogen-bond acceptors (Lipinski definition) is 2. The van der Waals surface area contributed by atoms with Gasteiger partial charge < -0.3 is 4.90 Å². The summed E-state index contributed by atoms with van der Waals surface area (Å²) < 4.78 is 1.12. The molecule has 1 saturated heterocycles. The summed E-state index contributed by atoms with van der Waals surface area (Å²) in [7, 11) is 1.87. The molecule has 1 fully saturated rings. The van der Waals surface area contributed by atoms with Gasteiger partial charge in [-0.3, -0.25) is 4.99 Å². The molecule has 0 radical (unpaired) electrons. The Morgan fingerprint density at radius 3 is 2.73 bits per heavy atom. The quantitative estimate of drug-likeness (QED) is 0.788. The molecule has 1 heterocycles. The van der Waals surface area contributed by atoms with Crippen molar-refractivity contribution >= 4 is 39.2 Å². The number of thioether (sulfide) groups is 1. The van der Waals surface area contributed by atoms with Gasteiger partial charge >= 0.3 is 0 Å². The van der Waals surface area contributed by atoms with Crippen molar-refractivity contribution in [2.75, 3.05) is 30.0 Å². The standard InChI is InChI=1S/C11H13BrN2S/c1-13-11-8-15-7-6-14(11)10-4-2-9(12)3-5-10/h2-5H,6-8H2,1H3. The van der Waals surface area contributed by atoms with Crippen molar-refractivity contribution < 1.29 is 0 Å². The average Bonchev–Trinajstić information content (AvgIpc) is 2.30. The number of hydrogen-bond donors (Lipinski definition) is 0. The molecule has 4 heteroatoms. The van der Waals surface area contributed by atoms with Gasteiger partial charge in [0.1, 0.15) is 5.84 Å². The van der Waals surface area contributed by atoms with Gasteiger partial charge in [-0.05, 0) is 24.3 Å². The molecule has 0 amide bonds. The Kier molecular flexibility index (Phi) is 3.70. The van der Waals surface area contributed by atoms with E-state index in [4.69, 9.17) is 0 Å². The van der Waals surface area contributed by atoms with Gasteiger partial charge in [0.25, 0.3) is 0 Å². The van der Waals surface area contributed by atoms with E-state index in [9.17, 15) is 0 Å². The van der Waals surface area contributed by atoms with Crippen LogP contribution in [0.3, 0.4) is 0 Å². The summed E-state index contributed by atoms with van der Waals surface area (Å²) in [6.07, 6.45) is 0. The van der Waals surface area contributed by atoms with Crippen LogP contribution in [0.4, 0.5) is 5.69 Å². The molecule has 0 spiro atoms. The molecule has 0 bridgehead atoms. The molecule has 0 unspecified atom stereocenters. The zero-order chi connectivity index (χ0) is 10.7. The van der Waals surface area contributed by atoms with E-state index in [0.29, 0.717) is 0 Å². The van der Waals surface area contributed by atoms with Crippen LogP contribution in [0.2, 0.25) is 0 Å². The van der Waals surface area contributed by atoms with Gasteiger partial charge in [0.2, 0.25) is 0 Å². The molecule has 0 saturated carbocycles. The number of amidine groups is 1. The first kappa shape index (κ1) is 11.0. The molecule has 0 aromatic heterocycles. The lowest BCUT2D eigenvalue weighted by atomic mass is 10.3. The summed E-state index contributed by atoms with van der Waals surface area (Å²) in [5.74, 6) is 3.37. The highest BCUT2D eigenvalue weighted by Crippen LogP contribution is 2.22. The van der Waals surface area contributed by atoms with Crippen LogP contribution in [0.25, 0.3) is 0 Å². The number of aliphatic imine (C=N–C) groups is 1. The number of halogens is 1. The molecular formula is C11H13BrN2S. The Balaban J connectivity index is 2.24. The fourth-order valence-corrected chi connectivity index (χ4v) is 2.80. The fourth-order valence-electron chi connectivity index (χ4n) is 1.61. The summed E-state index contributed by atoms with van der Waals surface area (Å²) in [6.45, 7) is 1.05. The molecule has 2 nitrogen and oxygen atoms in total. The number of nitrogens with zero attached hydrogens (tertiary/aromatic N) is 2. The van der Waals surface area contributed by atoms with Crippen LogP contribution in [-0.2, 0) is 0 Å². The molecular weight excluding hydrogens is 272 g/mol. The molecule has 1 aliphatic heterocycles. The molecule has 1 aliphatic rings. The third-order valence-electron chi connectivity index (χ3n) is 2.40. The van der Waals surface area contributed by atoms with Crippen molar-refractivity contribution in [3.8, 4) is 0 Å². The largest absolute Gasteiger partial charge is 0.329 e. The lowest BCUT2D eigenvalue weighted by Gasteiger charge is -2.29.